The quantitative estimate of drug-likeness (QED) is 0.447. The Morgan fingerprint density at radius 1 is 0.821 bits per heavy atom. The number of hydrogen-bond acceptors (Lipinski definition) is 3. The molecule has 0 radical (unpaired) electrons. The molecule has 3 nitrogen and oxygen atoms in total. The minimum atomic E-state index is -0.382. The van der Waals surface area contributed by atoms with Gasteiger partial charge >= 0.3 is 0 Å². The normalized spacial score (nSPS) is 13.2. The molecule has 0 fully saturated rings. The van der Waals surface area contributed by atoms with Crippen LogP contribution in [-0.2, 0) is 6.54 Å². The maximum atomic E-state index is 10.2. The molecule has 0 saturated heterocycles. The van der Waals surface area contributed by atoms with E-state index in [2.05, 4.69) is 57.2 Å². The van der Waals surface area contributed by atoms with E-state index in [1.165, 1.54) is 5.56 Å². The molecular weight excluding hydrogens is 414 g/mol. The third-order valence-electron chi connectivity index (χ3n) is 4.70. The first kappa shape index (κ1) is 20.6. The molecule has 3 aromatic rings. The van der Waals surface area contributed by atoms with Crippen LogP contribution in [0, 0.1) is 0 Å². The van der Waals surface area contributed by atoms with E-state index in [9.17, 15) is 5.11 Å². The number of rotatable bonds is 10. The summed E-state index contributed by atoms with van der Waals surface area (Å²) in [5, 5.41) is 11.1. The Balaban J connectivity index is 1.93. The molecule has 0 heterocycles. The van der Waals surface area contributed by atoms with Gasteiger partial charge in [0.15, 0.2) is 0 Å². The van der Waals surface area contributed by atoms with Gasteiger partial charge in [-0.1, -0.05) is 94.8 Å². The molecule has 3 aromatic carbocycles. The van der Waals surface area contributed by atoms with Crippen molar-refractivity contribution in [1.29, 1.82) is 0 Å². The zero-order valence-electron chi connectivity index (χ0n) is 15.8. The van der Waals surface area contributed by atoms with Gasteiger partial charge in [-0.25, -0.2) is 0 Å². The maximum absolute atomic E-state index is 10.2. The average molecular weight is 440 g/mol. The number of para-hydroxylation sites is 1. The van der Waals surface area contributed by atoms with Crippen LogP contribution in [0.5, 0.6) is 5.75 Å². The van der Waals surface area contributed by atoms with E-state index in [1.807, 2.05) is 54.6 Å². The van der Waals surface area contributed by atoms with Crippen molar-refractivity contribution in [2.24, 2.45) is 0 Å². The topological polar surface area (TPSA) is 32.7 Å². The first-order chi connectivity index (χ1) is 13.8. The number of aliphatic hydroxyl groups is 1. The number of nitrogens with zero attached hydrogens (tertiary/aromatic N) is 1. The SMILES string of the molecule is OC[C@@H](Oc1ccccc1)[C@@H](c1ccccc1)N(CCBr)Cc1ccccc1. The molecule has 4 heteroatoms. The van der Waals surface area contributed by atoms with Crippen LogP contribution in [0.25, 0.3) is 0 Å². The monoisotopic (exact) mass is 439 g/mol. The molecule has 0 bridgehead atoms. The Morgan fingerprint density at radius 2 is 1.39 bits per heavy atom. The van der Waals surface area contributed by atoms with E-state index in [1.54, 1.807) is 0 Å². The number of ether oxygens (including phenoxy) is 1. The Labute approximate surface area is 175 Å². The van der Waals surface area contributed by atoms with Gasteiger partial charge in [-0.15, -0.1) is 0 Å². The molecule has 0 spiro atoms. The number of alkyl halides is 1. The van der Waals surface area contributed by atoms with Crippen molar-refractivity contribution in [2.45, 2.75) is 18.7 Å². The summed E-state index contributed by atoms with van der Waals surface area (Å²) in [6, 6.07) is 30.3. The lowest BCUT2D eigenvalue weighted by Gasteiger charge is -2.36. The first-order valence-corrected chi connectivity index (χ1v) is 10.7. The fourth-order valence-electron chi connectivity index (χ4n) is 3.43. The van der Waals surface area contributed by atoms with Crippen LogP contribution >= 0.6 is 15.9 Å². The highest BCUT2D eigenvalue weighted by Gasteiger charge is 2.30. The molecule has 0 unspecified atom stereocenters. The molecule has 0 aliphatic carbocycles. The van der Waals surface area contributed by atoms with Crippen molar-refractivity contribution < 1.29 is 9.84 Å². The lowest BCUT2D eigenvalue weighted by Crippen LogP contribution is -2.42. The minimum Gasteiger partial charge on any atom is -0.486 e. The van der Waals surface area contributed by atoms with Gasteiger partial charge in [-0.05, 0) is 23.3 Å². The molecule has 2 atom stereocenters. The summed E-state index contributed by atoms with van der Waals surface area (Å²) in [7, 11) is 0. The standard InChI is InChI=1S/C24H26BrNO2/c25-16-17-26(18-20-10-4-1-5-11-20)24(21-12-6-2-7-13-21)23(19-27)28-22-14-8-3-9-15-22/h1-15,23-24,27H,16-19H2/t23-,24-/m1/s1. The average Bonchev–Trinajstić information content (AvgIpc) is 2.75. The molecular formula is C24H26BrNO2. The van der Waals surface area contributed by atoms with E-state index in [0.29, 0.717) is 0 Å². The van der Waals surface area contributed by atoms with Gasteiger partial charge in [0.05, 0.1) is 12.6 Å². The third kappa shape index (κ3) is 5.68. The molecule has 146 valence electrons. The zero-order valence-corrected chi connectivity index (χ0v) is 17.4. The van der Waals surface area contributed by atoms with Gasteiger partial charge < -0.3 is 9.84 Å². The third-order valence-corrected chi connectivity index (χ3v) is 5.05. The highest BCUT2D eigenvalue weighted by molar-refractivity contribution is 9.09. The highest BCUT2D eigenvalue weighted by atomic mass is 79.9. The highest BCUT2D eigenvalue weighted by Crippen LogP contribution is 2.29. The van der Waals surface area contributed by atoms with Gasteiger partial charge in [0, 0.05) is 18.4 Å². The van der Waals surface area contributed by atoms with Crippen LogP contribution in [0.3, 0.4) is 0 Å². The molecule has 28 heavy (non-hydrogen) atoms. The molecule has 0 aromatic heterocycles. The number of hydrogen-bond donors (Lipinski definition) is 1. The van der Waals surface area contributed by atoms with E-state index < -0.39 is 0 Å². The Morgan fingerprint density at radius 3 is 1.96 bits per heavy atom. The van der Waals surface area contributed by atoms with Crippen molar-refractivity contribution in [3.63, 3.8) is 0 Å². The molecule has 3 rings (SSSR count). The fourth-order valence-corrected chi connectivity index (χ4v) is 3.88. The fraction of sp³-hybridized carbons (Fsp3) is 0.250. The lowest BCUT2D eigenvalue weighted by molar-refractivity contribution is 0.0249. The Kier molecular flexibility index (Phi) is 8.09. The summed E-state index contributed by atoms with van der Waals surface area (Å²) < 4.78 is 6.24. The number of halogens is 1. The smallest absolute Gasteiger partial charge is 0.141 e. The van der Waals surface area contributed by atoms with Gasteiger partial charge in [-0.3, -0.25) is 4.90 Å². The number of aliphatic hydroxyl groups excluding tert-OH is 1. The van der Waals surface area contributed by atoms with Crippen LogP contribution < -0.4 is 4.74 Å². The predicted molar refractivity (Wildman–Crippen MR) is 118 cm³/mol. The summed E-state index contributed by atoms with van der Waals surface area (Å²) in [4.78, 5) is 2.36. The van der Waals surface area contributed by atoms with Crippen molar-refractivity contribution >= 4 is 15.9 Å². The van der Waals surface area contributed by atoms with E-state index in [0.717, 1.165) is 29.7 Å². The summed E-state index contributed by atoms with van der Waals surface area (Å²) in [5.74, 6) is 0.765. The van der Waals surface area contributed by atoms with Crippen molar-refractivity contribution in [3.05, 3.63) is 102 Å². The van der Waals surface area contributed by atoms with Crippen LogP contribution in [-0.4, -0.2) is 34.6 Å². The molecule has 0 amide bonds. The summed E-state index contributed by atoms with van der Waals surface area (Å²) >= 11 is 3.60. The second kappa shape index (κ2) is 11.0. The molecule has 1 N–H and O–H groups in total. The van der Waals surface area contributed by atoms with Crippen molar-refractivity contribution in [2.75, 3.05) is 18.5 Å². The molecule has 0 saturated carbocycles. The van der Waals surface area contributed by atoms with Crippen LogP contribution in [0.1, 0.15) is 17.2 Å². The van der Waals surface area contributed by atoms with Crippen LogP contribution in [0.2, 0.25) is 0 Å². The predicted octanol–water partition coefficient (Wildman–Crippen LogP) is 5.06. The van der Waals surface area contributed by atoms with Crippen LogP contribution in [0.15, 0.2) is 91.0 Å². The summed E-state index contributed by atoms with van der Waals surface area (Å²) in [6.45, 7) is 1.55. The zero-order chi connectivity index (χ0) is 19.6. The number of benzene rings is 3. The van der Waals surface area contributed by atoms with Gasteiger partial charge in [0.1, 0.15) is 11.9 Å². The summed E-state index contributed by atoms with van der Waals surface area (Å²) in [5.41, 5.74) is 2.37. The van der Waals surface area contributed by atoms with Gasteiger partial charge in [0.2, 0.25) is 0 Å². The molecule has 0 aliphatic rings. The van der Waals surface area contributed by atoms with Gasteiger partial charge in [-0.2, -0.15) is 0 Å². The summed E-state index contributed by atoms with van der Waals surface area (Å²) in [6.07, 6.45) is -0.382. The Hall–Kier alpha value is -2.14. The molecule has 0 aliphatic heterocycles. The first-order valence-electron chi connectivity index (χ1n) is 9.53. The maximum Gasteiger partial charge on any atom is 0.141 e. The van der Waals surface area contributed by atoms with Crippen molar-refractivity contribution in [3.8, 4) is 5.75 Å². The second-order valence-corrected chi connectivity index (χ2v) is 7.45. The van der Waals surface area contributed by atoms with E-state index in [4.69, 9.17) is 4.74 Å². The second-order valence-electron chi connectivity index (χ2n) is 6.65. The largest absolute Gasteiger partial charge is 0.486 e. The van der Waals surface area contributed by atoms with Crippen molar-refractivity contribution in [1.82, 2.24) is 4.90 Å². The Bertz CT molecular complexity index is 799. The van der Waals surface area contributed by atoms with E-state index >= 15 is 0 Å². The lowest BCUT2D eigenvalue weighted by atomic mass is 9.98. The van der Waals surface area contributed by atoms with Crippen LogP contribution in [0.4, 0.5) is 0 Å². The van der Waals surface area contributed by atoms with Gasteiger partial charge in [0.25, 0.3) is 0 Å². The van der Waals surface area contributed by atoms with E-state index in [-0.39, 0.29) is 18.8 Å². The minimum absolute atomic E-state index is 0.0674.